The number of amides is 1. The lowest BCUT2D eigenvalue weighted by Gasteiger charge is -2.37. The van der Waals surface area contributed by atoms with Crippen molar-refractivity contribution in [3.63, 3.8) is 0 Å². The Balaban J connectivity index is 2.07. The third-order valence-electron chi connectivity index (χ3n) is 3.81. The normalized spacial score (nSPS) is 18.7. The average Bonchev–Trinajstić information content (AvgIpc) is 2.38. The first-order chi connectivity index (χ1) is 8.52. The van der Waals surface area contributed by atoms with Crippen molar-refractivity contribution in [1.82, 2.24) is 4.90 Å². The van der Waals surface area contributed by atoms with Crippen LogP contribution in [0.1, 0.15) is 42.6 Å². The minimum absolute atomic E-state index is 0.140. The van der Waals surface area contributed by atoms with Gasteiger partial charge in [0.15, 0.2) is 0 Å². The van der Waals surface area contributed by atoms with E-state index in [1.54, 1.807) is 0 Å². The molecule has 2 N–H and O–H groups in total. The minimum atomic E-state index is 0.140. The number of piperidine rings is 1. The summed E-state index contributed by atoms with van der Waals surface area (Å²) in [5.74, 6) is 0.140. The zero-order valence-electron chi connectivity index (χ0n) is 11.3. The van der Waals surface area contributed by atoms with Gasteiger partial charge in [-0.2, -0.15) is 0 Å². The summed E-state index contributed by atoms with van der Waals surface area (Å²) < 4.78 is 0. The molecule has 1 saturated heterocycles. The molecule has 3 heteroatoms. The zero-order chi connectivity index (χ0) is 13.2. The highest BCUT2D eigenvalue weighted by atomic mass is 16.2. The van der Waals surface area contributed by atoms with Crippen LogP contribution in [0.5, 0.6) is 0 Å². The van der Waals surface area contributed by atoms with E-state index in [9.17, 15) is 4.79 Å². The molecule has 1 aromatic carbocycles. The molecular weight excluding hydrogens is 224 g/mol. The molecule has 0 bridgehead atoms. The number of nitrogens with two attached hydrogens (primary N) is 1. The first-order valence-electron chi connectivity index (χ1n) is 6.60. The summed E-state index contributed by atoms with van der Waals surface area (Å²) in [6, 6.07) is 7.64. The van der Waals surface area contributed by atoms with Gasteiger partial charge in [-0.05, 0) is 36.0 Å². The lowest BCUT2D eigenvalue weighted by atomic mass is 9.82. The van der Waals surface area contributed by atoms with Crippen LogP contribution in [0, 0.1) is 5.41 Å². The fourth-order valence-corrected chi connectivity index (χ4v) is 2.33. The Kier molecular flexibility index (Phi) is 3.71. The Bertz CT molecular complexity index is 430. The SMILES string of the molecule is CC1(C)CCN(C(=O)c2cccc(CN)c2)CC1. The van der Waals surface area contributed by atoms with Crippen LogP contribution < -0.4 is 5.73 Å². The summed E-state index contributed by atoms with van der Waals surface area (Å²) in [4.78, 5) is 14.3. The summed E-state index contributed by atoms with van der Waals surface area (Å²) in [6.45, 7) is 6.74. The van der Waals surface area contributed by atoms with Crippen LogP contribution in [0.4, 0.5) is 0 Å². The van der Waals surface area contributed by atoms with Crippen molar-refractivity contribution in [2.45, 2.75) is 33.2 Å². The maximum atomic E-state index is 12.4. The largest absolute Gasteiger partial charge is 0.339 e. The van der Waals surface area contributed by atoms with Gasteiger partial charge in [-0.25, -0.2) is 0 Å². The van der Waals surface area contributed by atoms with Crippen molar-refractivity contribution in [1.29, 1.82) is 0 Å². The molecule has 1 amide bonds. The Morgan fingerprint density at radius 1 is 1.33 bits per heavy atom. The standard InChI is InChI=1S/C15H22N2O/c1-15(2)6-8-17(9-7-15)14(18)13-5-3-4-12(10-13)11-16/h3-5,10H,6-9,11,16H2,1-2H3. The van der Waals surface area contributed by atoms with Crippen LogP contribution in [0.3, 0.4) is 0 Å². The molecule has 0 saturated carbocycles. The number of hydrogen-bond donors (Lipinski definition) is 1. The molecule has 3 nitrogen and oxygen atoms in total. The van der Waals surface area contributed by atoms with Gasteiger partial charge >= 0.3 is 0 Å². The Labute approximate surface area is 109 Å². The van der Waals surface area contributed by atoms with E-state index in [0.29, 0.717) is 12.0 Å². The Morgan fingerprint density at radius 2 is 2.00 bits per heavy atom. The fraction of sp³-hybridized carbons (Fsp3) is 0.533. The van der Waals surface area contributed by atoms with E-state index in [1.807, 2.05) is 29.2 Å². The van der Waals surface area contributed by atoms with Gasteiger partial charge in [0.25, 0.3) is 5.91 Å². The highest BCUT2D eigenvalue weighted by Crippen LogP contribution is 2.30. The smallest absolute Gasteiger partial charge is 0.253 e. The van der Waals surface area contributed by atoms with Crippen molar-refractivity contribution < 1.29 is 4.79 Å². The van der Waals surface area contributed by atoms with Crippen molar-refractivity contribution in [3.8, 4) is 0 Å². The quantitative estimate of drug-likeness (QED) is 0.871. The summed E-state index contributed by atoms with van der Waals surface area (Å²) in [6.07, 6.45) is 2.16. The second-order valence-electron chi connectivity index (χ2n) is 5.86. The van der Waals surface area contributed by atoms with Gasteiger partial charge in [-0.1, -0.05) is 26.0 Å². The van der Waals surface area contributed by atoms with Crippen molar-refractivity contribution in [2.24, 2.45) is 11.1 Å². The molecule has 0 atom stereocenters. The van der Waals surface area contributed by atoms with E-state index in [4.69, 9.17) is 5.73 Å². The molecule has 0 aliphatic carbocycles. The van der Waals surface area contributed by atoms with E-state index < -0.39 is 0 Å². The van der Waals surface area contributed by atoms with Crippen molar-refractivity contribution in [2.75, 3.05) is 13.1 Å². The first-order valence-corrected chi connectivity index (χ1v) is 6.60. The van der Waals surface area contributed by atoms with Crippen molar-refractivity contribution in [3.05, 3.63) is 35.4 Å². The number of benzene rings is 1. The fourth-order valence-electron chi connectivity index (χ4n) is 2.33. The predicted molar refractivity (Wildman–Crippen MR) is 73.3 cm³/mol. The summed E-state index contributed by atoms with van der Waals surface area (Å²) >= 11 is 0. The summed E-state index contributed by atoms with van der Waals surface area (Å²) in [7, 11) is 0. The summed E-state index contributed by atoms with van der Waals surface area (Å²) in [5, 5.41) is 0. The van der Waals surface area contributed by atoms with E-state index in [0.717, 1.165) is 37.1 Å². The molecule has 1 aromatic rings. The molecular formula is C15H22N2O. The molecule has 18 heavy (non-hydrogen) atoms. The zero-order valence-corrected chi connectivity index (χ0v) is 11.3. The molecule has 98 valence electrons. The highest BCUT2D eigenvalue weighted by Gasteiger charge is 2.28. The number of hydrogen-bond acceptors (Lipinski definition) is 2. The number of carbonyl (C=O) groups excluding carboxylic acids is 1. The Morgan fingerprint density at radius 3 is 2.61 bits per heavy atom. The minimum Gasteiger partial charge on any atom is -0.339 e. The van der Waals surface area contributed by atoms with E-state index in [2.05, 4.69) is 13.8 Å². The monoisotopic (exact) mass is 246 g/mol. The molecule has 0 radical (unpaired) electrons. The Hall–Kier alpha value is -1.35. The van der Waals surface area contributed by atoms with E-state index >= 15 is 0 Å². The van der Waals surface area contributed by atoms with Gasteiger partial charge in [0.05, 0.1) is 0 Å². The van der Waals surface area contributed by atoms with E-state index in [-0.39, 0.29) is 5.91 Å². The number of likely N-dealkylation sites (tertiary alicyclic amines) is 1. The second-order valence-corrected chi connectivity index (χ2v) is 5.86. The lowest BCUT2D eigenvalue weighted by Crippen LogP contribution is -2.41. The van der Waals surface area contributed by atoms with Gasteiger partial charge in [-0.3, -0.25) is 4.79 Å². The molecule has 0 unspecified atom stereocenters. The van der Waals surface area contributed by atoms with Gasteiger partial charge in [0.1, 0.15) is 0 Å². The molecule has 2 rings (SSSR count). The van der Waals surface area contributed by atoms with Crippen LogP contribution in [0.15, 0.2) is 24.3 Å². The molecule has 0 spiro atoms. The van der Waals surface area contributed by atoms with Crippen LogP contribution in [0.2, 0.25) is 0 Å². The van der Waals surface area contributed by atoms with Crippen LogP contribution in [0.25, 0.3) is 0 Å². The second kappa shape index (κ2) is 5.11. The molecule has 1 aliphatic rings. The van der Waals surface area contributed by atoms with Gasteiger partial charge in [-0.15, -0.1) is 0 Å². The first kappa shape index (κ1) is 13.1. The maximum absolute atomic E-state index is 12.4. The van der Waals surface area contributed by atoms with Crippen molar-refractivity contribution >= 4 is 5.91 Å². The molecule has 1 heterocycles. The number of carbonyl (C=O) groups is 1. The summed E-state index contributed by atoms with van der Waals surface area (Å²) in [5.41, 5.74) is 7.75. The maximum Gasteiger partial charge on any atom is 0.253 e. The topological polar surface area (TPSA) is 46.3 Å². The average molecular weight is 246 g/mol. The molecule has 0 aromatic heterocycles. The van der Waals surface area contributed by atoms with Gasteiger partial charge in [0.2, 0.25) is 0 Å². The lowest BCUT2D eigenvalue weighted by molar-refractivity contribution is 0.0630. The molecule has 1 fully saturated rings. The highest BCUT2D eigenvalue weighted by molar-refractivity contribution is 5.94. The third kappa shape index (κ3) is 2.91. The number of nitrogens with zero attached hydrogens (tertiary/aromatic N) is 1. The van der Waals surface area contributed by atoms with Gasteiger partial charge in [0, 0.05) is 25.2 Å². The predicted octanol–water partition coefficient (Wildman–Crippen LogP) is 2.41. The van der Waals surface area contributed by atoms with Gasteiger partial charge < -0.3 is 10.6 Å². The number of rotatable bonds is 2. The third-order valence-corrected chi connectivity index (χ3v) is 3.81. The van der Waals surface area contributed by atoms with Crippen LogP contribution in [-0.2, 0) is 6.54 Å². The van der Waals surface area contributed by atoms with Crippen LogP contribution >= 0.6 is 0 Å². The molecule has 1 aliphatic heterocycles. The van der Waals surface area contributed by atoms with E-state index in [1.165, 1.54) is 0 Å². The van der Waals surface area contributed by atoms with Crippen LogP contribution in [-0.4, -0.2) is 23.9 Å².